The van der Waals surface area contributed by atoms with E-state index in [-0.39, 0.29) is 10.6 Å². The van der Waals surface area contributed by atoms with Crippen molar-refractivity contribution in [2.45, 2.75) is 18.8 Å². The molecule has 0 radical (unpaired) electrons. The molecule has 2 saturated heterocycles. The maximum Gasteiger partial charge on any atom is 0.244 e. The summed E-state index contributed by atoms with van der Waals surface area (Å²) in [5.41, 5.74) is -3.59. The Hall–Kier alpha value is -3.64. The topological polar surface area (TPSA) is 123 Å². The Morgan fingerprint density at radius 1 is 1.09 bits per heavy atom. The summed E-state index contributed by atoms with van der Waals surface area (Å²) in [4.78, 5) is 0. The van der Waals surface area contributed by atoms with Gasteiger partial charge in [-0.25, -0.2) is 4.39 Å². The van der Waals surface area contributed by atoms with Crippen LogP contribution in [0, 0.1) is 62.0 Å². The van der Waals surface area contributed by atoms with Gasteiger partial charge in [0.2, 0.25) is 17.1 Å². The number of nitrogens with zero attached hydrogens (tertiary/aromatic N) is 3. The van der Waals surface area contributed by atoms with Crippen LogP contribution in [0.4, 0.5) is 4.39 Å². The fourth-order valence-corrected chi connectivity index (χ4v) is 4.78. The van der Waals surface area contributed by atoms with Gasteiger partial charge in [0.1, 0.15) is 17.7 Å². The van der Waals surface area contributed by atoms with Gasteiger partial charge in [-0.2, -0.15) is 15.8 Å². The predicted molar refractivity (Wildman–Crippen MR) is 110 cm³/mol. The predicted octanol–water partition coefficient (Wildman–Crippen LogP) is 4.60. The van der Waals surface area contributed by atoms with Gasteiger partial charge < -0.3 is 14.2 Å². The molecular formula is C23H16ClFN4O3. The van der Waals surface area contributed by atoms with Crippen LogP contribution in [0.1, 0.15) is 24.2 Å². The lowest BCUT2D eigenvalue weighted by Crippen LogP contribution is -2.57. The van der Waals surface area contributed by atoms with Crippen LogP contribution in [0.25, 0.3) is 0 Å². The van der Waals surface area contributed by atoms with Gasteiger partial charge in [0.15, 0.2) is 5.41 Å². The minimum Gasteiger partial charge on any atom is -0.497 e. The molecule has 0 amide bonds. The largest absolute Gasteiger partial charge is 0.497 e. The van der Waals surface area contributed by atoms with Crippen LogP contribution in [0.2, 0.25) is 5.02 Å². The summed E-state index contributed by atoms with van der Waals surface area (Å²) in [5.74, 6) is -3.36. The zero-order chi connectivity index (χ0) is 23.3. The van der Waals surface area contributed by atoms with Crippen molar-refractivity contribution in [3.8, 4) is 24.0 Å². The van der Waals surface area contributed by atoms with Gasteiger partial charge in [-0.05, 0) is 42.0 Å². The van der Waals surface area contributed by atoms with Crippen LogP contribution in [0.3, 0.4) is 0 Å². The van der Waals surface area contributed by atoms with Crippen LogP contribution < -0.4 is 4.74 Å². The standard InChI is InChI=1S/C23H16ClFN4O3/c1-13-22(12-28)20(29)32-23(13,15-4-6-16(30-2)7-5-15)31-19(21(22,10-26)11-27)14-3-8-17(24)18(25)9-14/h3-9,13,19,29H,1-2H3. The average molecular weight is 451 g/mol. The number of fused-ring (bicyclic) bond motifs is 2. The van der Waals surface area contributed by atoms with E-state index in [1.54, 1.807) is 31.2 Å². The highest BCUT2D eigenvalue weighted by atomic mass is 35.5. The first-order valence-electron chi connectivity index (χ1n) is 9.55. The molecule has 2 aromatic carbocycles. The second-order valence-electron chi connectivity index (χ2n) is 7.67. The summed E-state index contributed by atoms with van der Waals surface area (Å²) in [6.07, 6.45) is -1.41. The maximum atomic E-state index is 14.3. The van der Waals surface area contributed by atoms with Crippen molar-refractivity contribution in [3.05, 3.63) is 64.4 Å². The van der Waals surface area contributed by atoms with Crippen molar-refractivity contribution < 1.29 is 18.6 Å². The smallest absolute Gasteiger partial charge is 0.244 e. The first-order valence-corrected chi connectivity index (χ1v) is 9.93. The Balaban J connectivity index is 2.02. The van der Waals surface area contributed by atoms with Crippen molar-refractivity contribution in [1.29, 1.82) is 21.2 Å². The molecule has 1 N–H and O–H groups in total. The lowest BCUT2D eigenvalue weighted by molar-refractivity contribution is -0.288. The van der Waals surface area contributed by atoms with E-state index < -0.39 is 40.4 Å². The van der Waals surface area contributed by atoms with Gasteiger partial charge >= 0.3 is 0 Å². The third-order valence-electron chi connectivity index (χ3n) is 6.41. The third-order valence-corrected chi connectivity index (χ3v) is 6.71. The quantitative estimate of drug-likeness (QED) is 0.728. The Morgan fingerprint density at radius 3 is 2.28 bits per heavy atom. The molecule has 2 bridgehead atoms. The molecule has 160 valence electrons. The Morgan fingerprint density at radius 2 is 1.75 bits per heavy atom. The molecular weight excluding hydrogens is 435 g/mol. The van der Waals surface area contributed by atoms with Crippen molar-refractivity contribution >= 4 is 17.5 Å². The van der Waals surface area contributed by atoms with E-state index >= 15 is 0 Å². The first-order chi connectivity index (χ1) is 15.3. The summed E-state index contributed by atoms with van der Waals surface area (Å²) in [6, 6.07) is 16.2. The van der Waals surface area contributed by atoms with E-state index in [2.05, 4.69) is 0 Å². The van der Waals surface area contributed by atoms with E-state index in [0.29, 0.717) is 11.3 Å². The number of ether oxygens (including phenoxy) is 3. The van der Waals surface area contributed by atoms with E-state index in [4.69, 9.17) is 31.2 Å². The molecule has 9 heteroatoms. The van der Waals surface area contributed by atoms with E-state index in [1.807, 2.05) is 18.2 Å². The summed E-state index contributed by atoms with van der Waals surface area (Å²) < 4.78 is 31.7. The van der Waals surface area contributed by atoms with E-state index in [1.165, 1.54) is 19.2 Å². The molecule has 4 atom stereocenters. The van der Waals surface area contributed by atoms with Crippen molar-refractivity contribution in [2.75, 3.05) is 7.11 Å². The number of halogens is 2. The Bertz CT molecular complexity index is 1230. The highest BCUT2D eigenvalue weighted by Crippen LogP contribution is 2.69. The zero-order valence-corrected chi connectivity index (χ0v) is 17.8. The fraction of sp³-hybridized carbons (Fsp3) is 0.304. The van der Waals surface area contributed by atoms with Crippen LogP contribution in [0.5, 0.6) is 5.75 Å². The third kappa shape index (κ3) is 2.44. The molecule has 0 aliphatic carbocycles. The van der Waals surface area contributed by atoms with Crippen LogP contribution in [0.15, 0.2) is 42.5 Å². The number of methoxy groups -OCH3 is 1. The van der Waals surface area contributed by atoms with Gasteiger partial charge in [-0.3, -0.25) is 5.41 Å². The van der Waals surface area contributed by atoms with Gasteiger partial charge in [0.25, 0.3) is 0 Å². The second-order valence-corrected chi connectivity index (χ2v) is 8.08. The lowest BCUT2D eigenvalue weighted by atomic mass is 9.53. The summed E-state index contributed by atoms with van der Waals surface area (Å²) in [5, 5.41) is 39.0. The van der Waals surface area contributed by atoms with Crippen molar-refractivity contribution in [2.24, 2.45) is 16.7 Å². The van der Waals surface area contributed by atoms with Crippen LogP contribution in [-0.2, 0) is 15.3 Å². The first kappa shape index (κ1) is 21.6. The number of rotatable bonds is 3. The van der Waals surface area contributed by atoms with Gasteiger partial charge in [-0.15, -0.1) is 0 Å². The number of nitrogens with one attached hydrogen (secondary N) is 1. The second kappa shape index (κ2) is 7.21. The molecule has 2 aliphatic rings. The molecule has 2 heterocycles. The summed E-state index contributed by atoms with van der Waals surface area (Å²) in [6.45, 7) is 1.59. The molecule has 7 nitrogen and oxygen atoms in total. The molecule has 4 rings (SSSR count). The highest BCUT2D eigenvalue weighted by Gasteiger charge is 2.79. The van der Waals surface area contributed by atoms with Crippen LogP contribution >= 0.6 is 11.6 Å². The van der Waals surface area contributed by atoms with Crippen molar-refractivity contribution in [1.82, 2.24) is 0 Å². The highest BCUT2D eigenvalue weighted by molar-refractivity contribution is 6.30. The molecule has 2 fully saturated rings. The van der Waals surface area contributed by atoms with Gasteiger partial charge in [0.05, 0.1) is 36.3 Å². The Kier molecular flexibility index (Phi) is 4.86. The molecule has 0 spiro atoms. The number of benzene rings is 2. The monoisotopic (exact) mass is 450 g/mol. The lowest BCUT2D eigenvalue weighted by Gasteiger charge is -2.48. The van der Waals surface area contributed by atoms with Crippen molar-refractivity contribution in [3.63, 3.8) is 0 Å². The van der Waals surface area contributed by atoms with E-state index in [9.17, 15) is 20.2 Å². The number of hydrogen-bond acceptors (Lipinski definition) is 7. The Labute approximate surface area is 188 Å². The van der Waals surface area contributed by atoms with E-state index in [0.717, 1.165) is 6.07 Å². The van der Waals surface area contributed by atoms with Gasteiger partial charge in [-0.1, -0.05) is 24.6 Å². The number of nitriles is 3. The molecule has 0 aromatic heterocycles. The summed E-state index contributed by atoms with van der Waals surface area (Å²) in [7, 11) is 1.51. The summed E-state index contributed by atoms with van der Waals surface area (Å²) >= 11 is 5.81. The molecule has 32 heavy (non-hydrogen) atoms. The minimum atomic E-state index is -2.19. The fourth-order valence-electron chi connectivity index (χ4n) is 4.67. The SMILES string of the molecule is COc1ccc(C23OC(=N)C(C#N)(C2C)C(C#N)(C#N)C(c2ccc(Cl)c(F)c2)O3)cc1. The molecule has 2 aliphatic heterocycles. The van der Waals surface area contributed by atoms with Gasteiger partial charge in [0, 0.05) is 5.56 Å². The average Bonchev–Trinajstić information content (AvgIpc) is 2.97. The molecule has 0 saturated carbocycles. The number of hydrogen-bond donors (Lipinski definition) is 1. The zero-order valence-electron chi connectivity index (χ0n) is 17.0. The molecule has 4 unspecified atom stereocenters. The maximum absolute atomic E-state index is 14.3. The van der Waals surface area contributed by atoms with Crippen LogP contribution in [-0.4, -0.2) is 13.0 Å². The molecule has 2 aromatic rings. The minimum absolute atomic E-state index is 0.123. The normalized spacial score (nSPS) is 29.8.